The van der Waals surface area contributed by atoms with E-state index in [2.05, 4.69) is 20.3 Å². The lowest BCUT2D eigenvalue weighted by molar-refractivity contribution is 0.702. The monoisotopic (exact) mass is 297 g/mol. The van der Waals surface area contributed by atoms with Gasteiger partial charge in [-0.2, -0.15) is 0 Å². The van der Waals surface area contributed by atoms with Gasteiger partial charge in [0.05, 0.1) is 6.33 Å². The third-order valence-corrected chi connectivity index (χ3v) is 3.57. The summed E-state index contributed by atoms with van der Waals surface area (Å²) in [4.78, 5) is 23.9. The second kappa shape index (κ2) is 6.53. The molecule has 2 N–H and O–H groups in total. The van der Waals surface area contributed by atoms with E-state index in [-0.39, 0.29) is 5.56 Å². The highest BCUT2D eigenvalue weighted by atomic mass is 16.1. The predicted octanol–water partition coefficient (Wildman–Crippen LogP) is 1.32. The van der Waals surface area contributed by atoms with Crippen LogP contribution in [0.25, 0.3) is 11.2 Å². The zero-order chi connectivity index (χ0) is 15.4. The standard InChI is InChI=1S/C16H19N5O/c1-17-9-5-8-13-19-15-14(16(22)20-13)21(11-18-15)10-12-6-3-2-4-7-12/h2-4,6-7,11,17H,5,8-10H2,1H3,(H,19,20,22). The molecule has 2 aromatic heterocycles. The number of nitrogens with one attached hydrogen (secondary N) is 2. The normalized spacial score (nSPS) is 11.1. The molecule has 0 saturated heterocycles. The molecule has 0 spiro atoms. The van der Waals surface area contributed by atoms with Gasteiger partial charge in [-0.3, -0.25) is 4.79 Å². The van der Waals surface area contributed by atoms with Crippen LogP contribution >= 0.6 is 0 Å². The number of aryl methyl sites for hydroxylation is 1. The molecule has 0 saturated carbocycles. The van der Waals surface area contributed by atoms with E-state index in [1.807, 2.05) is 41.9 Å². The van der Waals surface area contributed by atoms with E-state index in [0.29, 0.717) is 23.5 Å². The van der Waals surface area contributed by atoms with Gasteiger partial charge in [0.15, 0.2) is 11.2 Å². The zero-order valence-corrected chi connectivity index (χ0v) is 12.5. The average molecular weight is 297 g/mol. The number of hydrogen-bond donors (Lipinski definition) is 2. The van der Waals surface area contributed by atoms with E-state index in [4.69, 9.17) is 0 Å². The lowest BCUT2D eigenvalue weighted by atomic mass is 10.2. The van der Waals surface area contributed by atoms with Crippen molar-refractivity contribution >= 4 is 11.2 Å². The van der Waals surface area contributed by atoms with Gasteiger partial charge in [0, 0.05) is 13.0 Å². The largest absolute Gasteiger partial charge is 0.320 e. The smallest absolute Gasteiger partial charge is 0.277 e. The zero-order valence-electron chi connectivity index (χ0n) is 12.5. The molecule has 3 aromatic rings. The lowest BCUT2D eigenvalue weighted by Crippen LogP contribution is -2.16. The molecule has 2 heterocycles. The summed E-state index contributed by atoms with van der Waals surface area (Å²) < 4.78 is 1.84. The highest BCUT2D eigenvalue weighted by Crippen LogP contribution is 2.09. The van der Waals surface area contributed by atoms with Crippen LogP contribution in [0.1, 0.15) is 17.8 Å². The van der Waals surface area contributed by atoms with Gasteiger partial charge in [0.1, 0.15) is 5.82 Å². The first-order valence-electron chi connectivity index (χ1n) is 7.40. The number of fused-ring (bicyclic) bond motifs is 1. The molecule has 1 aromatic carbocycles. The van der Waals surface area contributed by atoms with Crippen molar-refractivity contribution in [2.45, 2.75) is 19.4 Å². The number of hydrogen-bond acceptors (Lipinski definition) is 4. The highest BCUT2D eigenvalue weighted by Gasteiger charge is 2.10. The Kier molecular flexibility index (Phi) is 4.29. The Morgan fingerprint density at radius 3 is 2.86 bits per heavy atom. The van der Waals surface area contributed by atoms with Crippen molar-refractivity contribution in [3.63, 3.8) is 0 Å². The molecule has 6 heteroatoms. The van der Waals surface area contributed by atoms with Crippen molar-refractivity contribution in [3.8, 4) is 0 Å². The Balaban J connectivity index is 1.89. The Labute approximate surface area is 128 Å². The first-order valence-corrected chi connectivity index (χ1v) is 7.40. The fourth-order valence-corrected chi connectivity index (χ4v) is 2.48. The third kappa shape index (κ3) is 3.07. The van der Waals surface area contributed by atoms with Crippen LogP contribution in [-0.4, -0.2) is 33.1 Å². The van der Waals surface area contributed by atoms with Crippen LogP contribution < -0.4 is 10.9 Å². The summed E-state index contributed by atoms with van der Waals surface area (Å²) in [5.74, 6) is 0.692. The minimum absolute atomic E-state index is 0.127. The van der Waals surface area contributed by atoms with Crippen molar-refractivity contribution in [1.82, 2.24) is 24.8 Å². The fourth-order valence-electron chi connectivity index (χ4n) is 2.48. The lowest BCUT2D eigenvalue weighted by Gasteiger charge is -2.04. The Hall–Kier alpha value is -2.47. The van der Waals surface area contributed by atoms with E-state index in [1.165, 1.54) is 0 Å². The number of aromatic nitrogens is 4. The molecule has 0 fully saturated rings. The van der Waals surface area contributed by atoms with Gasteiger partial charge in [-0.05, 0) is 25.6 Å². The molecular formula is C16H19N5O. The van der Waals surface area contributed by atoms with Gasteiger partial charge in [-0.15, -0.1) is 0 Å². The number of nitrogens with zero attached hydrogens (tertiary/aromatic N) is 3. The van der Waals surface area contributed by atoms with E-state index >= 15 is 0 Å². The summed E-state index contributed by atoms with van der Waals surface area (Å²) >= 11 is 0. The highest BCUT2D eigenvalue weighted by molar-refractivity contribution is 5.69. The van der Waals surface area contributed by atoms with Gasteiger partial charge in [0.2, 0.25) is 0 Å². The Bertz CT molecular complexity index is 806. The van der Waals surface area contributed by atoms with E-state index in [0.717, 1.165) is 24.9 Å². The molecule has 0 unspecified atom stereocenters. The van der Waals surface area contributed by atoms with Crippen molar-refractivity contribution in [2.75, 3.05) is 13.6 Å². The molecule has 0 aliphatic rings. The SMILES string of the molecule is CNCCCc1nc2ncn(Cc3ccccc3)c2c(=O)[nH]1. The molecule has 0 radical (unpaired) electrons. The van der Waals surface area contributed by atoms with Gasteiger partial charge in [-0.25, -0.2) is 9.97 Å². The van der Waals surface area contributed by atoms with Crippen LogP contribution in [0.5, 0.6) is 0 Å². The Morgan fingerprint density at radius 1 is 1.27 bits per heavy atom. The van der Waals surface area contributed by atoms with Crippen molar-refractivity contribution in [2.24, 2.45) is 0 Å². The number of imidazole rings is 1. The molecule has 3 rings (SSSR count). The average Bonchev–Trinajstić information content (AvgIpc) is 2.92. The molecule has 0 aliphatic heterocycles. The van der Waals surface area contributed by atoms with Crippen molar-refractivity contribution in [1.29, 1.82) is 0 Å². The maximum absolute atomic E-state index is 12.3. The molecule has 22 heavy (non-hydrogen) atoms. The van der Waals surface area contributed by atoms with Gasteiger partial charge < -0.3 is 14.9 Å². The van der Waals surface area contributed by atoms with Crippen molar-refractivity contribution in [3.05, 3.63) is 58.4 Å². The minimum Gasteiger partial charge on any atom is -0.320 e. The number of rotatable bonds is 6. The maximum atomic E-state index is 12.3. The van der Waals surface area contributed by atoms with Crippen molar-refractivity contribution < 1.29 is 0 Å². The molecule has 114 valence electrons. The summed E-state index contributed by atoms with van der Waals surface area (Å²) in [5.41, 5.74) is 2.04. The maximum Gasteiger partial charge on any atom is 0.277 e. The minimum atomic E-state index is -0.127. The van der Waals surface area contributed by atoms with E-state index in [9.17, 15) is 4.79 Å². The quantitative estimate of drug-likeness (QED) is 0.673. The van der Waals surface area contributed by atoms with Crippen LogP contribution in [0.3, 0.4) is 0 Å². The Morgan fingerprint density at radius 2 is 2.09 bits per heavy atom. The second-order valence-electron chi connectivity index (χ2n) is 5.25. The molecule has 0 bridgehead atoms. The molecular weight excluding hydrogens is 278 g/mol. The van der Waals surface area contributed by atoms with Crippen LogP contribution in [0.4, 0.5) is 0 Å². The van der Waals surface area contributed by atoms with Crippen LogP contribution in [-0.2, 0) is 13.0 Å². The first kappa shape index (κ1) is 14.5. The topological polar surface area (TPSA) is 75.6 Å². The summed E-state index contributed by atoms with van der Waals surface area (Å²) in [7, 11) is 1.91. The van der Waals surface area contributed by atoms with Gasteiger partial charge in [-0.1, -0.05) is 30.3 Å². The van der Waals surface area contributed by atoms with E-state index < -0.39 is 0 Å². The number of H-pyrrole nitrogens is 1. The first-order chi connectivity index (χ1) is 10.8. The third-order valence-electron chi connectivity index (χ3n) is 3.57. The summed E-state index contributed by atoms with van der Waals surface area (Å²) in [6.45, 7) is 1.51. The second-order valence-corrected chi connectivity index (χ2v) is 5.25. The number of aromatic amines is 1. The predicted molar refractivity (Wildman–Crippen MR) is 85.9 cm³/mol. The summed E-state index contributed by atoms with van der Waals surface area (Å²) in [6, 6.07) is 9.99. The summed E-state index contributed by atoms with van der Waals surface area (Å²) in [6.07, 6.45) is 3.34. The van der Waals surface area contributed by atoms with Gasteiger partial charge >= 0.3 is 0 Å². The molecule has 6 nitrogen and oxygen atoms in total. The molecule has 0 amide bonds. The molecule has 0 aliphatic carbocycles. The summed E-state index contributed by atoms with van der Waals surface area (Å²) in [5, 5.41) is 3.08. The van der Waals surface area contributed by atoms with Gasteiger partial charge in [0.25, 0.3) is 5.56 Å². The van der Waals surface area contributed by atoms with E-state index in [1.54, 1.807) is 6.33 Å². The van der Waals surface area contributed by atoms with Crippen LogP contribution in [0, 0.1) is 0 Å². The fraction of sp³-hybridized carbons (Fsp3) is 0.312. The molecule has 0 atom stereocenters. The van der Waals surface area contributed by atoms with Crippen LogP contribution in [0.2, 0.25) is 0 Å². The number of benzene rings is 1. The van der Waals surface area contributed by atoms with Crippen LogP contribution in [0.15, 0.2) is 41.5 Å².